The van der Waals surface area contributed by atoms with E-state index in [2.05, 4.69) is 15.3 Å². The molecule has 24 heavy (non-hydrogen) atoms. The Morgan fingerprint density at radius 1 is 1.17 bits per heavy atom. The number of anilines is 1. The number of aromatic amines is 1. The highest BCUT2D eigenvalue weighted by atomic mass is 35.5. The van der Waals surface area contributed by atoms with Crippen LogP contribution in [0, 0.1) is 0 Å². The summed E-state index contributed by atoms with van der Waals surface area (Å²) in [4.78, 5) is 19.9. The number of H-pyrrole nitrogens is 1. The Morgan fingerprint density at radius 3 is 2.62 bits per heavy atom. The maximum Gasteiger partial charge on any atom is 0.237 e. The molecule has 0 bridgehead atoms. The highest BCUT2D eigenvalue weighted by Gasteiger charge is 2.18. The van der Waals surface area contributed by atoms with E-state index in [0.29, 0.717) is 25.9 Å². The fourth-order valence-corrected chi connectivity index (χ4v) is 3.51. The number of fused-ring (bicyclic) bond motifs is 1. The Morgan fingerprint density at radius 2 is 1.88 bits per heavy atom. The molecule has 1 atom stereocenters. The Balaban J connectivity index is 1.70. The van der Waals surface area contributed by atoms with Gasteiger partial charge in [0, 0.05) is 10.0 Å². The predicted octanol–water partition coefficient (Wildman–Crippen LogP) is 5.64. The molecule has 8 heteroatoms. The average molecular weight is 401 g/mol. The number of hydrogen-bond donors (Lipinski definition) is 2. The van der Waals surface area contributed by atoms with E-state index in [4.69, 9.17) is 34.8 Å². The van der Waals surface area contributed by atoms with E-state index in [1.54, 1.807) is 37.3 Å². The minimum absolute atomic E-state index is 0.178. The first kappa shape index (κ1) is 17.4. The molecule has 0 radical (unpaired) electrons. The quantitative estimate of drug-likeness (QED) is 0.557. The van der Waals surface area contributed by atoms with Crippen LogP contribution in [0.4, 0.5) is 5.69 Å². The number of hydrogen-bond acceptors (Lipinski definition) is 3. The molecule has 0 aliphatic carbocycles. The summed E-state index contributed by atoms with van der Waals surface area (Å²) in [5.41, 5.74) is 2.16. The van der Waals surface area contributed by atoms with Crippen molar-refractivity contribution in [2.75, 3.05) is 5.32 Å². The summed E-state index contributed by atoms with van der Waals surface area (Å²) < 4.78 is 0. The molecular weight excluding hydrogens is 389 g/mol. The first-order valence-electron chi connectivity index (χ1n) is 7.00. The molecule has 0 aliphatic rings. The van der Waals surface area contributed by atoms with Crippen molar-refractivity contribution in [2.45, 2.75) is 17.3 Å². The molecular formula is C16H12Cl3N3OS. The Labute approximate surface area is 157 Å². The van der Waals surface area contributed by atoms with Gasteiger partial charge in [0.05, 0.1) is 27.0 Å². The average Bonchev–Trinajstić information content (AvgIpc) is 2.91. The van der Waals surface area contributed by atoms with Crippen molar-refractivity contribution < 1.29 is 4.79 Å². The highest BCUT2D eigenvalue weighted by Crippen LogP contribution is 2.28. The molecule has 0 saturated heterocycles. The molecule has 124 valence electrons. The molecule has 1 aromatic heterocycles. The number of thioether (sulfide) groups is 1. The molecule has 3 aromatic rings. The van der Waals surface area contributed by atoms with Crippen LogP contribution >= 0.6 is 46.6 Å². The van der Waals surface area contributed by atoms with Crippen LogP contribution in [0.3, 0.4) is 0 Å². The molecule has 3 rings (SSSR count). The van der Waals surface area contributed by atoms with Gasteiger partial charge in [0.2, 0.25) is 5.91 Å². The molecule has 2 aromatic carbocycles. The van der Waals surface area contributed by atoms with Gasteiger partial charge in [-0.25, -0.2) is 4.98 Å². The number of amides is 1. The van der Waals surface area contributed by atoms with Gasteiger partial charge in [-0.15, -0.1) is 0 Å². The zero-order valence-electron chi connectivity index (χ0n) is 12.4. The summed E-state index contributed by atoms with van der Waals surface area (Å²) in [5.74, 6) is -0.178. The zero-order chi connectivity index (χ0) is 17.3. The highest BCUT2D eigenvalue weighted by molar-refractivity contribution is 8.00. The van der Waals surface area contributed by atoms with Crippen molar-refractivity contribution in [3.63, 3.8) is 0 Å². The third kappa shape index (κ3) is 3.98. The summed E-state index contributed by atoms with van der Waals surface area (Å²) in [5, 5.41) is 4.61. The van der Waals surface area contributed by atoms with E-state index in [1.807, 2.05) is 6.07 Å². The minimum atomic E-state index is -0.368. The van der Waals surface area contributed by atoms with Gasteiger partial charge in [-0.1, -0.05) is 46.6 Å². The van der Waals surface area contributed by atoms with Crippen LogP contribution in [0.1, 0.15) is 6.92 Å². The van der Waals surface area contributed by atoms with Crippen LogP contribution in [0.2, 0.25) is 15.1 Å². The first-order valence-corrected chi connectivity index (χ1v) is 9.01. The number of rotatable bonds is 4. The van der Waals surface area contributed by atoms with Gasteiger partial charge in [0.1, 0.15) is 0 Å². The molecule has 1 heterocycles. The summed E-state index contributed by atoms with van der Waals surface area (Å²) in [6.45, 7) is 1.80. The molecule has 4 nitrogen and oxygen atoms in total. The van der Waals surface area contributed by atoms with E-state index in [9.17, 15) is 4.79 Å². The van der Waals surface area contributed by atoms with Crippen molar-refractivity contribution in [1.29, 1.82) is 0 Å². The molecule has 2 N–H and O–H groups in total. The van der Waals surface area contributed by atoms with Gasteiger partial charge in [-0.2, -0.15) is 0 Å². The largest absolute Gasteiger partial charge is 0.333 e. The topological polar surface area (TPSA) is 57.8 Å². The lowest BCUT2D eigenvalue weighted by Crippen LogP contribution is -2.22. The number of benzene rings is 2. The third-order valence-corrected chi connectivity index (χ3v) is 5.04. The molecule has 0 spiro atoms. The van der Waals surface area contributed by atoms with E-state index < -0.39 is 0 Å². The summed E-state index contributed by atoms with van der Waals surface area (Å²) >= 11 is 19.2. The van der Waals surface area contributed by atoms with Crippen molar-refractivity contribution in [2.24, 2.45) is 0 Å². The Kier molecular flexibility index (Phi) is 5.25. The molecule has 0 saturated carbocycles. The summed E-state index contributed by atoms with van der Waals surface area (Å²) in [6.07, 6.45) is 0. The first-order chi connectivity index (χ1) is 11.4. The SMILES string of the molecule is CC(Sc1nc2ccc(Cl)cc2[nH]1)C(=O)Nc1ccc(Cl)cc1Cl. The summed E-state index contributed by atoms with van der Waals surface area (Å²) in [6, 6.07) is 10.3. The monoisotopic (exact) mass is 399 g/mol. The lowest BCUT2D eigenvalue weighted by molar-refractivity contribution is -0.115. The standard InChI is InChI=1S/C16H12Cl3N3OS/c1-8(15(23)20-12-4-2-9(17)6-11(12)19)24-16-21-13-5-3-10(18)7-14(13)22-16/h2-8H,1H3,(H,20,23)(H,21,22). The van der Waals surface area contributed by atoms with Crippen molar-refractivity contribution in [3.8, 4) is 0 Å². The van der Waals surface area contributed by atoms with Gasteiger partial charge >= 0.3 is 0 Å². The van der Waals surface area contributed by atoms with Gasteiger partial charge in [-0.05, 0) is 43.3 Å². The lowest BCUT2D eigenvalue weighted by Gasteiger charge is -2.11. The Bertz CT molecular complexity index is 913. The molecule has 0 fully saturated rings. The van der Waals surface area contributed by atoms with Gasteiger partial charge in [0.15, 0.2) is 5.16 Å². The van der Waals surface area contributed by atoms with Crippen LogP contribution in [-0.2, 0) is 4.79 Å². The third-order valence-electron chi connectivity index (χ3n) is 3.27. The number of aromatic nitrogens is 2. The van der Waals surface area contributed by atoms with Crippen LogP contribution in [-0.4, -0.2) is 21.1 Å². The number of imidazole rings is 1. The fraction of sp³-hybridized carbons (Fsp3) is 0.125. The van der Waals surface area contributed by atoms with Gasteiger partial charge in [-0.3, -0.25) is 4.79 Å². The van der Waals surface area contributed by atoms with E-state index in [-0.39, 0.29) is 11.2 Å². The normalized spacial score (nSPS) is 12.3. The van der Waals surface area contributed by atoms with Crippen molar-refractivity contribution in [1.82, 2.24) is 9.97 Å². The lowest BCUT2D eigenvalue weighted by atomic mass is 10.3. The number of halogens is 3. The van der Waals surface area contributed by atoms with Crippen LogP contribution in [0.25, 0.3) is 11.0 Å². The molecule has 1 unspecified atom stereocenters. The maximum absolute atomic E-state index is 12.3. The number of nitrogens with zero attached hydrogens (tertiary/aromatic N) is 1. The molecule has 0 aliphatic heterocycles. The number of nitrogens with one attached hydrogen (secondary N) is 2. The van der Waals surface area contributed by atoms with Gasteiger partial charge in [0.25, 0.3) is 0 Å². The number of carbonyl (C=O) groups is 1. The predicted molar refractivity (Wildman–Crippen MR) is 102 cm³/mol. The smallest absolute Gasteiger partial charge is 0.237 e. The molecule has 1 amide bonds. The van der Waals surface area contributed by atoms with E-state index >= 15 is 0 Å². The van der Waals surface area contributed by atoms with Crippen molar-refractivity contribution in [3.05, 3.63) is 51.5 Å². The van der Waals surface area contributed by atoms with Gasteiger partial charge < -0.3 is 10.3 Å². The summed E-state index contributed by atoms with van der Waals surface area (Å²) in [7, 11) is 0. The van der Waals surface area contributed by atoms with Crippen LogP contribution < -0.4 is 5.32 Å². The Hall–Kier alpha value is -1.40. The second kappa shape index (κ2) is 7.23. The second-order valence-electron chi connectivity index (χ2n) is 5.08. The number of carbonyl (C=O) groups excluding carboxylic acids is 1. The maximum atomic E-state index is 12.3. The van der Waals surface area contributed by atoms with E-state index in [0.717, 1.165) is 11.0 Å². The van der Waals surface area contributed by atoms with Crippen LogP contribution in [0.5, 0.6) is 0 Å². The van der Waals surface area contributed by atoms with Crippen molar-refractivity contribution >= 4 is 69.2 Å². The second-order valence-corrected chi connectivity index (χ2v) is 7.69. The zero-order valence-corrected chi connectivity index (χ0v) is 15.5. The van der Waals surface area contributed by atoms with E-state index in [1.165, 1.54) is 11.8 Å². The fourth-order valence-electron chi connectivity index (χ4n) is 2.06. The van der Waals surface area contributed by atoms with Crippen LogP contribution in [0.15, 0.2) is 41.6 Å². The minimum Gasteiger partial charge on any atom is -0.333 e.